The Labute approximate surface area is 156 Å². The van der Waals surface area contributed by atoms with Crippen LogP contribution in [-0.4, -0.2) is 30.4 Å². The molecule has 26 heavy (non-hydrogen) atoms. The first-order chi connectivity index (χ1) is 12.6. The van der Waals surface area contributed by atoms with Crippen LogP contribution in [0.5, 0.6) is 0 Å². The quantitative estimate of drug-likeness (QED) is 0.802. The first-order valence-electron chi connectivity index (χ1n) is 9.83. The lowest BCUT2D eigenvalue weighted by atomic mass is 9.92. The highest BCUT2D eigenvalue weighted by atomic mass is 16.2. The number of rotatable bonds is 2. The van der Waals surface area contributed by atoms with E-state index in [1.54, 1.807) is 0 Å². The molecule has 0 N–H and O–H groups in total. The molecule has 1 amide bonds. The summed E-state index contributed by atoms with van der Waals surface area (Å²) in [6, 6.07) is 16.7. The van der Waals surface area contributed by atoms with E-state index in [-0.39, 0.29) is 5.91 Å². The van der Waals surface area contributed by atoms with Crippen LogP contribution in [0.3, 0.4) is 0 Å². The minimum absolute atomic E-state index is 0.188. The number of carbonyl (C=O) groups is 1. The summed E-state index contributed by atoms with van der Waals surface area (Å²) in [7, 11) is 0. The Bertz CT molecular complexity index is 743. The normalized spacial score (nSPS) is 23.1. The number of benzene rings is 2. The Morgan fingerprint density at radius 1 is 0.885 bits per heavy atom. The van der Waals surface area contributed by atoms with Crippen LogP contribution >= 0.6 is 0 Å². The lowest BCUT2D eigenvalue weighted by molar-refractivity contribution is -0.119. The van der Waals surface area contributed by atoms with E-state index < -0.39 is 0 Å². The number of piperidine rings is 1. The second-order valence-corrected chi connectivity index (χ2v) is 8.13. The molecule has 2 aromatic rings. The molecule has 0 radical (unpaired) electrons. The van der Waals surface area contributed by atoms with E-state index >= 15 is 0 Å². The van der Waals surface area contributed by atoms with Gasteiger partial charge in [0.1, 0.15) is 0 Å². The van der Waals surface area contributed by atoms with Gasteiger partial charge in [-0.3, -0.25) is 14.6 Å². The van der Waals surface area contributed by atoms with Gasteiger partial charge in [-0.15, -0.1) is 0 Å². The molecule has 2 atom stereocenters. The topological polar surface area (TPSA) is 23.6 Å². The number of carbonyl (C=O) groups excluding carboxylic acids is 1. The molecule has 0 bridgehead atoms. The number of nitrogens with zero attached hydrogens (tertiary/aromatic N) is 2. The van der Waals surface area contributed by atoms with Gasteiger partial charge in [0, 0.05) is 13.1 Å². The van der Waals surface area contributed by atoms with Crippen molar-refractivity contribution in [3.05, 3.63) is 59.7 Å². The van der Waals surface area contributed by atoms with Crippen molar-refractivity contribution in [3.63, 3.8) is 0 Å². The van der Waals surface area contributed by atoms with Crippen LogP contribution < -0.4 is 4.90 Å². The number of fused-ring (bicyclic) bond motifs is 2. The van der Waals surface area contributed by atoms with E-state index in [1.807, 2.05) is 17.0 Å². The van der Waals surface area contributed by atoms with Crippen LogP contribution in [0.4, 0.5) is 11.4 Å². The number of hydrogen-bond acceptors (Lipinski definition) is 2. The van der Waals surface area contributed by atoms with Gasteiger partial charge < -0.3 is 0 Å². The molecule has 0 aliphatic carbocycles. The average Bonchev–Trinajstić information content (AvgIpc) is 2.77. The second kappa shape index (κ2) is 7.24. The molecule has 0 unspecified atom stereocenters. The maximum atomic E-state index is 13.4. The Morgan fingerprint density at radius 2 is 1.38 bits per heavy atom. The Hall–Kier alpha value is -2.13. The van der Waals surface area contributed by atoms with E-state index in [0.717, 1.165) is 37.3 Å². The minimum Gasteiger partial charge on any atom is -0.294 e. The van der Waals surface area contributed by atoms with Crippen LogP contribution in [0.25, 0.3) is 0 Å². The van der Waals surface area contributed by atoms with Crippen LogP contribution in [0.1, 0.15) is 31.4 Å². The highest BCUT2D eigenvalue weighted by Crippen LogP contribution is 2.36. The Balaban J connectivity index is 1.67. The summed E-state index contributed by atoms with van der Waals surface area (Å²) in [5, 5.41) is 0. The second-order valence-electron chi connectivity index (χ2n) is 8.13. The molecule has 2 aliphatic heterocycles. The Kier molecular flexibility index (Phi) is 4.82. The minimum atomic E-state index is 0.188. The summed E-state index contributed by atoms with van der Waals surface area (Å²) in [4.78, 5) is 17.8. The smallest absolute Gasteiger partial charge is 0.245 e. The van der Waals surface area contributed by atoms with E-state index in [0.29, 0.717) is 18.4 Å². The lowest BCUT2D eigenvalue weighted by Crippen LogP contribution is -2.45. The molecule has 2 aromatic carbocycles. The summed E-state index contributed by atoms with van der Waals surface area (Å²) in [5.41, 5.74) is 4.64. The van der Waals surface area contributed by atoms with Gasteiger partial charge in [0.05, 0.1) is 17.9 Å². The molecule has 0 saturated carbocycles. The predicted octanol–water partition coefficient (Wildman–Crippen LogP) is 4.43. The van der Waals surface area contributed by atoms with Crippen molar-refractivity contribution in [2.24, 2.45) is 11.8 Å². The number of para-hydroxylation sites is 2. The zero-order valence-electron chi connectivity index (χ0n) is 15.8. The van der Waals surface area contributed by atoms with Crippen LogP contribution in [0.15, 0.2) is 48.5 Å². The van der Waals surface area contributed by atoms with Crippen molar-refractivity contribution < 1.29 is 4.79 Å². The van der Waals surface area contributed by atoms with Crippen molar-refractivity contribution in [2.75, 3.05) is 24.5 Å². The van der Waals surface area contributed by atoms with Crippen LogP contribution in [0, 0.1) is 11.8 Å². The number of anilines is 2. The van der Waals surface area contributed by atoms with Gasteiger partial charge in [0.2, 0.25) is 5.91 Å². The molecule has 0 spiro atoms. The maximum absolute atomic E-state index is 13.4. The largest absolute Gasteiger partial charge is 0.294 e. The molecular weight excluding hydrogens is 320 g/mol. The molecule has 136 valence electrons. The Morgan fingerprint density at radius 3 is 1.92 bits per heavy atom. The third kappa shape index (κ3) is 3.41. The van der Waals surface area contributed by atoms with E-state index in [4.69, 9.17) is 0 Å². The van der Waals surface area contributed by atoms with E-state index in [2.05, 4.69) is 55.1 Å². The van der Waals surface area contributed by atoms with Gasteiger partial charge >= 0.3 is 0 Å². The number of likely N-dealkylation sites (tertiary alicyclic amines) is 1. The molecule has 0 aromatic heterocycles. The monoisotopic (exact) mass is 348 g/mol. The first kappa shape index (κ1) is 17.3. The molecule has 3 nitrogen and oxygen atoms in total. The SMILES string of the molecule is C[C@@H]1C[C@@H](C)CN(CC(=O)N2c3ccccc3CCc3ccccc32)C1. The highest BCUT2D eigenvalue weighted by Gasteiger charge is 2.29. The molecular formula is C23H28N2O. The number of amides is 1. The van der Waals surface area contributed by atoms with Gasteiger partial charge in [-0.25, -0.2) is 0 Å². The molecule has 1 fully saturated rings. The highest BCUT2D eigenvalue weighted by molar-refractivity contribution is 6.03. The summed E-state index contributed by atoms with van der Waals surface area (Å²) in [6.07, 6.45) is 3.23. The third-order valence-corrected chi connectivity index (χ3v) is 5.68. The molecule has 3 heteroatoms. The third-order valence-electron chi connectivity index (χ3n) is 5.68. The predicted molar refractivity (Wildman–Crippen MR) is 107 cm³/mol. The number of aryl methyl sites for hydroxylation is 2. The van der Waals surface area contributed by atoms with Crippen molar-refractivity contribution in [2.45, 2.75) is 33.1 Å². The fourth-order valence-electron chi connectivity index (χ4n) is 4.73. The zero-order valence-corrected chi connectivity index (χ0v) is 15.8. The standard InChI is InChI=1S/C23H28N2O/c1-17-13-18(2)15-24(14-17)16-23(26)25-21-9-5-3-7-19(21)11-12-20-8-4-6-10-22(20)25/h3-10,17-18H,11-16H2,1-2H3/t17-,18-/m1/s1. The van der Waals surface area contributed by atoms with Gasteiger partial charge in [-0.1, -0.05) is 50.2 Å². The van der Waals surface area contributed by atoms with Gasteiger partial charge in [0.25, 0.3) is 0 Å². The van der Waals surface area contributed by atoms with Crippen molar-refractivity contribution in [3.8, 4) is 0 Å². The summed E-state index contributed by atoms with van der Waals surface area (Å²) >= 11 is 0. The van der Waals surface area contributed by atoms with Crippen molar-refractivity contribution in [1.82, 2.24) is 4.90 Å². The summed E-state index contributed by atoms with van der Waals surface area (Å²) in [6.45, 7) is 7.13. The van der Waals surface area contributed by atoms with E-state index in [9.17, 15) is 4.79 Å². The number of hydrogen-bond donors (Lipinski definition) is 0. The van der Waals surface area contributed by atoms with Crippen LogP contribution in [-0.2, 0) is 17.6 Å². The molecule has 4 rings (SSSR count). The van der Waals surface area contributed by atoms with Gasteiger partial charge in [-0.2, -0.15) is 0 Å². The molecule has 2 heterocycles. The van der Waals surface area contributed by atoms with Crippen molar-refractivity contribution in [1.29, 1.82) is 0 Å². The fourth-order valence-corrected chi connectivity index (χ4v) is 4.73. The molecule has 2 aliphatic rings. The maximum Gasteiger partial charge on any atom is 0.245 e. The van der Waals surface area contributed by atoms with Gasteiger partial charge in [0.15, 0.2) is 0 Å². The van der Waals surface area contributed by atoms with Crippen molar-refractivity contribution >= 4 is 17.3 Å². The average molecular weight is 348 g/mol. The fraction of sp³-hybridized carbons (Fsp3) is 0.435. The molecule has 1 saturated heterocycles. The first-order valence-corrected chi connectivity index (χ1v) is 9.83. The van der Waals surface area contributed by atoms with E-state index in [1.165, 1.54) is 17.5 Å². The summed E-state index contributed by atoms with van der Waals surface area (Å²) in [5.74, 6) is 1.51. The lowest BCUT2D eigenvalue weighted by Gasteiger charge is -2.36. The van der Waals surface area contributed by atoms with Crippen LogP contribution in [0.2, 0.25) is 0 Å². The van der Waals surface area contributed by atoms with Gasteiger partial charge in [-0.05, 0) is 54.4 Å². The summed E-state index contributed by atoms with van der Waals surface area (Å²) < 4.78 is 0. The zero-order chi connectivity index (χ0) is 18.1.